The Morgan fingerprint density at radius 1 is 0.969 bits per heavy atom. The molecule has 0 aliphatic heterocycles. The zero-order valence-corrected chi connectivity index (χ0v) is 18.7. The molecule has 168 valence electrons. The van der Waals surface area contributed by atoms with Gasteiger partial charge in [0.25, 0.3) is 5.91 Å². The van der Waals surface area contributed by atoms with Crippen LogP contribution in [0.2, 0.25) is 0 Å². The van der Waals surface area contributed by atoms with Crippen LogP contribution in [0, 0.1) is 0 Å². The van der Waals surface area contributed by atoms with Gasteiger partial charge in [-0.15, -0.1) is 0 Å². The summed E-state index contributed by atoms with van der Waals surface area (Å²) in [5.41, 5.74) is 2.09. The number of fused-ring (bicyclic) bond motifs is 1. The predicted octanol–water partition coefficient (Wildman–Crippen LogP) is 3.61. The number of aromatic nitrogens is 1. The van der Waals surface area contributed by atoms with Crippen LogP contribution in [0.3, 0.4) is 0 Å². The number of esters is 1. The predicted molar refractivity (Wildman–Crippen MR) is 120 cm³/mol. The summed E-state index contributed by atoms with van der Waals surface area (Å²) in [6.45, 7) is 3.30. The third kappa shape index (κ3) is 4.91. The van der Waals surface area contributed by atoms with E-state index in [-0.39, 0.29) is 18.6 Å². The molecule has 0 saturated heterocycles. The first-order valence-corrected chi connectivity index (χ1v) is 10.0. The smallest absolute Gasteiger partial charge is 0.339 e. The van der Waals surface area contributed by atoms with Crippen molar-refractivity contribution < 1.29 is 28.5 Å². The number of rotatable bonds is 8. The van der Waals surface area contributed by atoms with Crippen molar-refractivity contribution in [1.29, 1.82) is 0 Å². The molecule has 8 nitrogen and oxygen atoms in total. The molecule has 8 heteroatoms. The van der Waals surface area contributed by atoms with Crippen molar-refractivity contribution in [3.63, 3.8) is 0 Å². The van der Waals surface area contributed by atoms with E-state index in [2.05, 4.69) is 5.32 Å². The molecule has 1 amide bonds. The van der Waals surface area contributed by atoms with E-state index >= 15 is 0 Å². The lowest BCUT2D eigenvalue weighted by Crippen LogP contribution is -2.34. The first-order valence-electron chi connectivity index (χ1n) is 10.0. The Kier molecular flexibility index (Phi) is 7.14. The Hall–Kier alpha value is -3.81. The van der Waals surface area contributed by atoms with E-state index in [1.54, 1.807) is 30.3 Å². The summed E-state index contributed by atoms with van der Waals surface area (Å²) in [4.78, 5) is 29.5. The Morgan fingerprint density at radius 3 is 2.22 bits per heavy atom. The summed E-state index contributed by atoms with van der Waals surface area (Å²) >= 11 is 0. The lowest BCUT2D eigenvalue weighted by Gasteiger charge is -2.15. The molecule has 0 atom stereocenters. The number of hydrogen-bond donors (Lipinski definition) is 1. The summed E-state index contributed by atoms with van der Waals surface area (Å²) < 4.78 is 21.5. The van der Waals surface area contributed by atoms with Gasteiger partial charge in [-0.1, -0.05) is 18.2 Å². The summed E-state index contributed by atoms with van der Waals surface area (Å²) in [6.07, 6.45) is 0. The topological polar surface area (TPSA) is 96.0 Å². The van der Waals surface area contributed by atoms with Crippen molar-refractivity contribution in [3.05, 3.63) is 48.0 Å². The monoisotopic (exact) mass is 438 g/mol. The first-order chi connectivity index (χ1) is 15.4. The van der Waals surface area contributed by atoms with Gasteiger partial charge in [-0.25, -0.2) is 9.78 Å². The molecule has 0 aliphatic rings. The SMILES string of the molecule is COc1cc(-c2cc(C(=O)OCC(=O)NC(C)C)c3ccccc3n2)cc(OC)c1OC. The van der Waals surface area contributed by atoms with E-state index in [0.717, 1.165) is 0 Å². The fraction of sp³-hybridized carbons (Fsp3) is 0.292. The van der Waals surface area contributed by atoms with Crippen LogP contribution < -0.4 is 19.5 Å². The molecule has 0 radical (unpaired) electrons. The molecule has 0 unspecified atom stereocenters. The average Bonchev–Trinajstić information content (AvgIpc) is 2.80. The van der Waals surface area contributed by atoms with Crippen LogP contribution >= 0.6 is 0 Å². The number of para-hydroxylation sites is 1. The van der Waals surface area contributed by atoms with Gasteiger partial charge >= 0.3 is 5.97 Å². The van der Waals surface area contributed by atoms with Gasteiger partial charge in [-0.2, -0.15) is 0 Å². The van der Waals surface area contributed by atoms with E-state index in [4.69, 9.17) is 23.9 Å². The zero-order valence-electron chi connectivity index (χ0n) is 18.7. The molecule has 32 heavy (non-hydrogen) atoms. The summed E-state index contributed by atoms with van der Waals surface area (Å²) in [7, 11) is 4.58. The molecule has 1 aromatic heterocycles. The number of methoxy groups -OCH3 is 3. The van der Waals surface area contributed by atoms with Gasteiger partial charge in [0.05, 0.1) is 38.1 Å². The van der Waals surface area contributed by atoms with Gasteiger partial charge in [-0.05, 0) is 38.1 Å². The molecular formula is C24H26N2O6. The molecule has 3 rings (SSSR count). The lowest BCUT2D eigenvalue weighted by molar-refractivity contribution is -0.124. The summed E-state index contributed by atoms with van der Waals surface area (Å²) in [6, 6.07) is 12.3. The van der Waals surface area contributed by atoms with Crippen LogP contribution in [0.25, 0.3) is 22.2 Å². The van der Waals surface area contributed by atoms with Gasteiger partial charge in [0, 0.05) is 17.0 Å². The number of nitrogens with one attached hydrogen (secondary N) is 1. The van der Waals surface area contributed by atoms with Gasteiger partial charge in [0.1, 0.15) is 0 Å². The van der Waals surface area contributed by atoms with Crippen molar-refractivity contribution in [2.45, 2.75) is 19.9 Å². The van der Waals surface area contributed by atoms with Gasteiger partial charge in [-0.3, -0.25) is 4.79 Å². The van der Waals surface area contributed by atoms with Crippen molar-refractivity contribution in [2.75, 3.05) is 27.9 Å². The second-order valence-electron chi connectivity index (χ2n) is 7.28. The Labute approximate surface area is 186 Å². The summed E-state index contributed by atoms with van der Waals surface area (Å²) in [5.74, 6) is 0.403. The Balaban J connectivity index is 2.05. The Morgan fingerprint density at radius 2 is 1.62 bits per heavy atom. The first kappa shape index (κ1) is 22.9. The fourth-order valence-corrected chi connectivity index (χ4v) is 3.29. The molecular weight excluding hydrogens is 412 g/mol. The van der Waals surface area contributed by atoms with Gasteiger partial charge in [0.2, 0.25) is 5.75 Å². The maximum atomic E-state index is 12.9. The molecule has 0 saturated carbocycles. The zero-order chi connectivity index (χ0) is 23.3. The highest BCUT2D eigenvalue weighted by Gasteiger charge is 2.19. The molecule has 3 aromatic rings. The number of pyridine rings is 1. The quantitative estimate of drug-likeness (QED) is 0.537. The van der Waals surface area contributed by atoms with Crippen LogP contribution in [-0.2, 0) is 9.53 Å². The maximum absolute atomic E-state index is 12.9. The van der Waals surface area contributed by atoms with Crippen molar-refractivity contribution in [1.82, 2.24) is 10.3 Å². The standard InChI is InChI=1S/C24H26N2O6/c1-14(2)25-22(27)13-32-24(28)17-12-19(26-18-9-7-6-8-16(17)18)15-10-20(29-3)23(31-5)21(11-15)30-4/h6-12,14H,13H2,1-5H3,(H,25,27). The molecule has 0 bridgehead atoms. The minimum Gasteiger partial charge on any atom is -0.493 e. The minimum absolute atomic E-state index is 0.0467. The molecule has 1 N–H and O–H groups in total. The largest absolute Gasteiger partial charge is 0.493 e. The van der Waals surface area contributed by atoms with E-state index in [9.17, 15) is 9.59 Å². The second-order valence-corrected chi connectivity index (χ2v) is 7.28. The molecule has 0 spiro atoms. The molecule has 0 fully saturated rings. The van der Waals surface area contributed by atoms with Crippen LogP contribution in [0.4, 0.5) is 0 Å². The molecule has 2 aromatic carbocycles. The van der Waals surface area contributed by atoms with Crippen LogP contribution in [0.15, 0.2) is 42.5 Å². The minimum atomic E-state index is -0.615. The highest BCUT2D eigenvalue weighted by molar-refractivity contribution is 6.05. The molecule has 1 heterocycles. The highest BCUT2D eigenvalue weighted by atomic mass is 16.5. The number of nitrogens with zero attached hydrogens (tertiary/aromatic N) is 1. The van der Waals surface area contributed by atoms with Gasteiger partial charge < -0.3 is 24.3 Å². The third-order valence-corrected chi connectivity index (χ3v) is 4.68. The number of benzene rings is 2. The van der Waals surface area contributed by atoms with E-state index < -0.39 is 5.97 Å². The van der Waals surface area contributed by atoms with E-state index in [0.29, 0.717) is 45.0 Å². The number of hydrogen-bond acceptors (Lipinski definition) is 7. The van der Waals surface area contributed by atoms with Crippen LogP contribution in [-0.4, -0.2) is 50.8 Å². The normalized spacial score (nSPS) is 10.7. The number of carbonyl (C=O) groups excluding carboxylic acids is 2. The van der Waals surface area contributed by atoms with E-state index in [1.165, 1.54) is 21.3 Å². The highest BCUT2D eigenvalue weighted by Crippen LogP contribution is 2.41. The van der Waals surface area contributed by atoms with Crippen molar-refractivity contribution >= 4 is 22.8 Å². The van der Waals surface area contributed by atoms with Gasteiger partial charge in [0.15, 0.2) is 18.1 Å². The molecule has 0 aliphatic carbocycles. The average molecular weight is 438 g/mol. The van der Waals surface area contributed by atoms with Crippen molar-refractivity contribution in [2.24, 2.45) is 0 Å². The van der Waals surface area contributed by atoms with Crippen molar-refractivity contribution in [3.8, 4) is 28.5 Å². The van der Waals surface area contributed by atoms with Crippen LogP contribution in [0.1, 0.15) is 24.2 Å². The number of ether oxygens (including phenoxy) is 4. The number of amides is 1. The number of carbonyl (C=O) groups is 2. The Bertz CT molecular complexity index is 1120. The lowest BCUT2D eigenvalue weighted by atomic mass is 10.0. The fourth-order valence-electron chi connectivity index (χ4n) is 3.29. The van der Waals surface area contributed by atoms with Crippen LogP contribution in [0.5, 0.6) is 17.2 Å². The maximum Gasteiger partial charge on any atom is 0.339 e. The second kappa shape index (κ2) is 10.00. The summed E-state index contributed by atoms with van der Waals surface area (Å²) in [5, 5.41) is 3.32. The third-order valence-electron chi connectivity index (χ3n) is 4.68. The van der Waals surface area contributed by atoms with E-state index in [1.807, 2.05) is 26.0 Å².